The number of sulfonamides is 1. The number of rotatable bonds is 4. The number of hydrogen-bond donors (Lipinski definition) is 1. The van der Waals surface area contributed by atoms with Gasteiger partial charge in [0.1, 0.15) is 18.7 Å². The number of nitrogens with one attached hydrogen (secondary N) is 1. The van der Waals surface area contributed by atoms with Crippen LogP contribution in [-0.2, 0) is 19.6 Å². The molecule has 2 aliphatic heterocycles. The highest BCUT2D eigenvalue weighted by molar-refractivity contribution is 7.91. The van der Waals surface area contributed by atoms with Crippen LogP contribution in [0.2, 0.25) is 5.02 Å². The van der Waals surface area contributed by atoms with Gasteiger partial charge in [0, 0.05) is 5.02 Å². The maximum atomic E-state index is 13.4. The molecule has 2 amide bonds. The van der Waals surface area contributed by atoms with E-state index in [1.54, 1.807) is 42.5 Å². The molecular weight excluding hydrogens is 450 g/mol. The summed E-state index contributed by atoms with van der Waals surface area (Å²) in [6.45, 7) is 0.167. The number of hydrogen-bond acceptors (Lipinski definition) is 6. The zero-order chi connectivity index (χ0) is 21.5. The van der Waals surface area contributed by atoms with Gasteiger partial charge < -0.3 is 10.1 Å². The fraction of sp³-hybridized carbons (Fsp3) is 0.211. The van der Waals surface area contributed by atoms with E-state index in [9.17, 15) is 18.0 Å². The lowest BCUT2D eigenvalue weighted by Gasteiger charge is -2.28. The van der Waals surface area contributed by atoms with Crippen molar-refractivity contribution in [1.29, 1.82) is 0 Å². The Bertz CT molecular complexity index is 1110. The van der Waals surface area contributed by atoms with Crippen molar-refractivity contribution in [3.63, 3.8) is 0 Å². The van der Waals surface area contributed by atoms with E-state index < -0.39 is 34.1 Å². The van der Waals surface area contributed by atoms with Crippen LogP contribution in [0, 0.1) is 0 Å². The lowest BCUT2D eigenvalue weighted by Crippen LogP contribution is -2.47. The molecule has 1 N–H and O–H groups in total. The Labute approximate surface area is 183 Å². The molecule has 2 aromatic rings. The summed E-state index contributed by atoms with van der Waals surface area (Å²) >= 11 is 11.3. The minimum atomic E-state index is -4.09. The predicted octanol–water partition coefficient (Wildman–Crippen LogP) is 2.31. The van der Waals surface area contributed by atoms with Crippen molar-refractivity contribution >= 4 is 51.0 Å². The lowest BCUT2D eigenvalue weighted by molar-refractivity contribution is -0.130. The number of carbonyl (C=O) groups is 2. The molecular formula is C19H16ClN3O5S2. The molecule has 8 nitrogen and oxygen atoms in total. The first-order valence-electron chi connectivity index (χ1n) is 8.94. The van der Waals surface area contributed by atoms with E-state index >= 15 is 0 Å². The van der Waals surface area contributed by atoms with Crippen LogP contribution >= 0.6 is 23.8 Å². The van der Waals surface area contributed by atoms with Gasteiger partial charge in [-0.2, -0.15) is 0 Å². The Balaban J connectivity index is 1.80. The molecule has 156 valence electrons. The topological polar surface area (TPSA) is 96.0 Å². The van der Waals surface area contributed by atoms with Gasteiger partial charge in [-0.3, -0.25) is 4.79 Å². The molecule has 4 rings (SSSR count). The fourth-order valence-electron chi connectivity index (χ4n) is 3.45. The smallest absolute Gasteiger partial charge is 0.416 e. The number of amides is 2. The second-order valence-electron chi connectivity index (χ2n) is 6.64. The van der Waals surface area contributed by atoms with E-state index in [1.165, 1.54) is 12.1 Å². The monoisotopic (exact) mass is 465 g/mol. The van der Waals surface area contributed by atoms with Crippen LogP contribution in [0.1, 0.15) is 11.6 Å². The van der Waals surface area contributed by atoms with Crippen molar-refractivity contribution in [2.45, 2.75) is 17.0 Å². The second-order valence-corrected chi connectivity index (χ2v) is 9.28. The van der Waals surface area contributed by atoms with E-state index in [-0.39, 0.29) is 23.2 Å². The lowest BCUT2D eigenvalue weighted by atomic mass is 10.00. The number of carbonyl (C=O) groups excluding carboxylic acids is 2. The van der Waals surface area contributed by atoms with Gasteiger partial charge in [-0.1, -0.05) is 41.9 Å². The Morgan fingerprint density at radius 1 is 1.13 bits per heavy atom. The molecule has 0 saturated carbocycles. The molecule has 2 fully saturated rings. The molecule has 2 heterocycles. The van der Waals surface area contributed by atoms with Gasteiger partial charge in [0.2, 0.25) is 0 Å². The van der Waals surface area contributed by atoms with Gasteiger partial charge in [0.15, 0.2) is 5.11 Å². The zero-order valence-corrected chi connectivity index (χ0v) is 17.8. The molecule has 0 aromatic heterocycles. The summed E-state index contributed by atoms with van der Waals surface area (Å²) in [5.41, 5.74) is 0.497. The molecule has 30 heavy (non-hydrogen) atoms. The maximum absolute atomic E-state index is 13.4. The van der Waals surface area contributed by atoms with Gasteiger partial charge in [-0.25, -0.2) is 22.4 Å². The highest BCUT2D eigenvalue weighted by Crippen LogP contribution is 2.36. The number of thiocarbonyl (C=S) groups is 1. The van der Waals surface area contributed by atoms with Crippen LogP contribution < -0.4 is 5.32 Å². The van der Waals surface area contributed by atoms with Gasteiger partial charge in [-0.05, 0) is 42.0 Å². The molecule has 2 atom stereocenters. The first-order valence-corrected chi connectivity index (χ1v) is 11.2. The number of nitrogens with zero attached hydrogens (tertiary/aromatic N) is 2. The normalized spacial score (nSPS) is 21.5. The van der Waals surface area contributed by atoms with Gasteiger partial charge in [0.25, 0.3) is 15.9 Å². The predicted molar refractivity (Wildman–Crippen MR) is 112 cm³/mol. The van der Waals surface area contributed by atoms with E-state index in [1.807, 2.05) is 0 Å². The first kappa shape index (κ1) is 20.6. The van der Waals surface area contributed by atoms with Crippen molar-refractivity contribution < 1.29 is 22.7 Å². The molecule has 2 aromatic carbocycles. The highest BCUT2D eigenvalue weighted by Gasteiger charge is 2.50. The summed E-state index contributed by atoms with van der Waals surface area (Å²) in [4.78, 5) is 26.0. The molecule has 2 saturated heterocycles. The van der Waals surface area contributed by atoms with Gasteiger partial charge in [0.05, 0.1) is 11.4 Å². The maximum Gasteiger partial charge on any atom is 0.416 e. The van der Waals surface area contributed by atoms with Crippen LogP contribution in [0.25, 0.3) is 0 Å². The average molecular weight is 466 g/mol. The Morgan fingerprint density at radius 3 is 2.40 bits per heavy atom. The zero-order valence-electron chi connectivity index (χ0n) is 15.4. The fourth-order valence-corrected chi connectivity index (χ4v) is 5.65. The third-order valence-electron chi connectivity index (χ3n) is 4.85. The number of cyclic esters (lactones) is 1. The summed E-state index contributed by atoms with van der Waals surface area (Å²) in [5, 5.41) is 3.11. The largest absolute Gasteiger partial charge is 0.447 e. The average Bonchev–Trinajstić information content (AvgIpc) is 3.32. The third-order valence-corrected chi connectivity index (χ3v) is 7.33. The first-order chi connectivity index (χ1) is 14.3. The summed E-state index contributed by atoms with van der Waals surface area (Å²) < 4.78 is 32.7. The van der Waals surface area contributed by atoms with Crippen LogP contribution in [0.15, 0.2) is 59.5 Å². The standard InChI is InChI=1S/C19H16ClN3O5S2/c20-13-8-6-12(7-9-13)16-15(17(24)22-10-11-28-19(22)25)21-18(29)23(16)30(26,27)14-4-2-1-3-5-14/h1-9,15-16H,10-11H2,(H,21,29)/t15-,16+/m1/s1. The number of imide groups is 1. The van der Waals surface area contributed by atoms with Crippen LogP contribution in [0.5, 0.6) is 0 Å². The van der Waals surface area contributed by atoms with Crippen LogP contribution in [0.4, 0.5) is 4.79 Å². The summed E-state index contributed by atoms with van der Waals surface area (Å²) in [6, 6.07) is 12.1. The number of benzene rings is 2. The Hall–Kier alpha value is -2.69. The number of halogens is 1. The van der Waals surface area contributed by atoms with Crippen LogP contribution in [-0.4, -0.2) is 53.9 Å². The molecule has 0 bridgehead atoms. The third kappa shape index (κ3) is 3.51. The Kier molecular flexibility index (Phi) is 5.39. The summed E-state index contributed by atoms with van der Waals surface area (Å²) in [7, 11) is -4.09. The van der Waals surface area contributed by atoms with E-state index in [0.29, 0.717) is 10.6 Å². The molecule has 0 unspecified atom stereocenters. The van der Waals surface area contributed by atoms with E-state index in [2.05, 4.69) is 5.32 Å². The Morgan fingerprint density at radius 2 is 1.80 bits per heavy atom. The van der Waals surface area contributed by atoms with Gasteiger partial charge >= 0.3 is 6.09 Å². The number of ether oxygens (including phenoxy) is 1. The van der Waals surface area contributed by atoms with Gasteiger partial charge in [-0.15, -0.1) is 0 Å². The molecule has 11 heteroatoms. The van der Waals surface area contributed by atoms with Crippen molar-refractivity contribution in [3.8, 4) is 0 Å². The van der Waals surface area contributed by atoms with Crippen molar-refractivity contribution in [1.82, 2.24) is 14.5 Å². The quantitative estimate of drug-likeness (QED) is 0.692. The summed E-state index contributed by atoms with van der Waals surface area (Å²) in [5.74, 6) is -0.620. The van der Waals surface area contributed by atoms with E-state index in [4.69, 9.17) is 28.6 Å². The minimum Gasteiger partial charge on any atom is -0.447 e. The minimum absolute atomic E-state index is 0.0294. The molecule has 0 radical (unpaired) electrons. The molecule has 0 spiro atoms. The van der Waals surface area contributed by atoms with Crippen molar-refractivity contribution in [3.05, 3.63) is 65.2 Å². The van der Waals surface area contributed by atoms with E-state index in [0.717, 1.165) is 9.21 Å². The van der Waals surface area contributed by atoms with Crippen molar-refractivity contribution in [2.24, 2.45) is 0 Å². The SMILES string of the molecule is O=C1OCCN1C(=O)[C@@H]1NC(=S)N(S(=O)(=O)c2ccccc2)[C@H]1c1ccc(Cl)cc1. The molecule has 2 aliphatic rings. The summed E-state index contributed by atoms with van der Waals surface area (Å²) in [6.07, 6.45) is -0.771. The second kappa shape index (κ2) is 7.86. The van der Waals surface area contributed by atoms with Crippen LogP contribution in [0.3, 0.4) is 0 Å². The molecule has 0 aliphatic carbocycles. The highest BCUT2D eigenvalue weighted by atomic mass is 35.5. The van der Waals surface area contributed by atoms with Crippen molar-refractivity contribution in [2.75, 3.05) is 13.2 Å².